The maximum atomic E-state index is 12.4. The Morgan fingerprint density at radius 3 is 2.70 bits per heavy atom. The van der Waals surface area contributed by atoms with Crippen LogP contribution in [0.1, 0.15) is 35.8 Å². The van der Waals surface area contributed by atoms with Crippen molar-refractivity contribution in [3.63, 3.8) is 0 Å². The standard InChI is InChI=1S/C15H20N4O/c1-3-19-8-6-13(7-9-19)18(2)15(20)14-5-4-12(10-16)11-17-14/h4-5,11,13H,3,6-9H2,1-2H3. The molecule has 2 heterocycles. The quantitative estimate of drug-likeness (QED) is 0.837. The Bertz CT molecular complexity index is 498. The average Bonchev–Trinajstić information content (AvgIpc) is 2.53. The van der Waals surface area contributed by atoms with Gasteiger partial charge in [-0.2, -0.15) is 5.26 Å². The van der Waals surface area contributed by atoms with Gasteiger partial charge in [0.25, 0.3) is 5.91 Å². The Morgan fingerprint density at radius 1 is 1.50 bits per heavy atom. The summed E-state index contributed by atoms with van der Waals surface area (Å²) in [4.78, 5) is 20.6. The van der Waals surface area contributed by atoms with E-state index in [0.29, 0.717) is 11.3 Å². The largest absolute Gasteiger partial charge is 0.337 e. The Kier molecular flexibility index (Phi) is 4.70. The molecule has 1 aliphatic heterocycles. The van der Waals surface area contributed by atoms with Crippen molar-refractivity contribution in [1.29, 1.82) is 5.26 Å². The molecule has 1 saturated heterocycles. The van der Waals surface area contributed by atoms with E-state index < -0.39 is 0 Å². The molecule has 0 spiro atoms. The van der Waals surface area contributed by atoms with Gasteiger partial charge >= 0.3 is 0 Å². The van der Waals surface area contributed by atoms with Crippen molar-refractivity contribution in [1.82, 2.24) is 14.8 Å². The van der Waals surface area contributed by atoms with E-state index in [2.05, 4.69) is 16.8 Å². The molecule has 1 aromatic rings. The maximum absolute atomic E-state index is 12.4. The number of amides is 1. The van der Waals surface area contributed by atoms with Crippen LogP contribution in [0.2, 0.25) is 0 Å². The number of rotatable bonds is 3. The molecule has 0 N–H and O–H groups in total. The number of carbonyl (C=O) groups excluding carboxylic acids is 1. The van der Waals surface area contributed by atoms with Gasteiger partial charge in [0.1, 0.15) is 11.8 Å². The molecule has 0 radical (unpaired) electrons. The monoisotopic (exact) mass is 272 g/mol. The number of likely N-dealkylation sites (tertiary alicyclic amines) is 1. The summed E-state index contributed by atoms with van der Waals surface area (Å²) in [6, 6.07) is 5.54. The first-order valence-corrected chi connectivity index (χ1v) is 7.01. The molecule has 5 heteroatoms. The molecular weight excluding hydrogens is 252 g/mol. The van der Waals surface area contributed by atoms with Gasteiger partial charge in [-0.3, -0.25) is 4.79 Å². The van der Waals surface area contributed by atoms with Crippen molar-refractivity contribution in [3.05, 3.63) is 29.6 Å². The van der Waals surface area contributed by atoms with Crippen LogP contribution in [0.5, 0.6) is 0 Å². The minimum atomic E-state index is -0.0653. The first-order chi connectivity index (χ1) is 9.65. The van der Waals surface area contributed by atoms with Crippen LogP contribution in [-0.4, -0.2) is 53.4 Å². The summed E-state index contributed by atoms with van der Waals surface area (Å²) in [7, 11) is 1.84. The second kappa shape index (κ2) is 6.49. The Hall–Kier alpha value is -1.93. The Balaban J connectivity index is 1.99. The molecule has 2 rings (SSSR count). The van der Waals surface area contributed by atoms with Gasteiger partial charge in [-0.15, -0.1) is 0 Å². The molecule has 106 valence electrons. The van der Waals surface area contributed by atoms with Gasteiger partial charge in [0.15, 0.2) is 0 Å². The molecule has 20 heavy (non-hydrogen) atoms. The molecular formula is C15H20N4O. The van der Waals surface area contributed by atoms with Gasteiger partial charge in [-0.05, 0) is 31.5 Å². The smallest absolute Gasteiger partial charge is 0.272 e. The number of hydrogen-bond donors (Lipinski definition) is 0. The lowest BCUT2D eigenvalue weighted by Gasteiger charge is -2.36. The minimum absolute atomic E-state index is 0.0653. The first-order valence-electron chi connectivity index (χ1n) is 7.01. The molecule has 0 atom stereocenters. The van der Waals surface area contributed by atoms with E-state index in [-0.39, 0.29) is 11.9 Å². The van der Waals surface area contributed by atoms with Crippen molar-refractivity contribution in [2.24, 2.45) is 0 Å². The average molecular weight is 272 g/mol. The van der Waals surface area contributed by atoms with Gasteiger partial charge in [0.2, 0.25) is 0 Å². The van der Waals surface area contributed by atoms with E-state index in [9.17, 15) is 4.79 Å². The van der Waals surface area contributed by atoms with Crippen LogP contribution in [0, 0.1) is 11.3 Å². The number of piperidine rings is 1. The zero-order valence-electron chi connectivity index (χ0n) is 12.0. The fourth-order valence-electron chi connectivity index (χ4n) is 2.56. The van der Waals surface area contributed by atoms with Crippen molar-refractivity contribution in [2.45, 2.75) is 25.8 Å². The van der Waals surface area contributed by atoms with Crippen molar-refractivity contribution in [2.75, 3.05) is 26.7 Å². The Morgan fingerprint density at radius 2 is 2.20 bits per heavy atom. The topological polar surface area (TPSA) is 60.2 Å². The number of nitriles is 1. The fraction of sp³-hybridized carbons (Fsp3) is 0.533. The van der Waals surface area contributed by atoms with Crippen LogP contribution in [0.3, 0.4) is 0 Å². The molecule has 1 aromatic heterocycles. The lowest BCUT2D eigenvalue weighted by Crippen LogP contribution is -2.45. The van der Waals surface area contributed by atoms with Gasteiger partial charge in [-0.25, -0.2) is 4.98 Å². The highest BCUT2D eigenvalue weighted by Crippen LogP contribution is 2.17. The molecule has 0 aliphatic carbocycles. The van der Waals surface area contributed by atoms with E-state index in [1.807, 2.05) is 13.1 Å². The zero-order chi connectivity index (χ0) is 14.5. The molecule has 0 aromatic carbocycles. The SMILES string of the molecule is CCN1CCC(N(C)C(=O)c2ccc(C#N)cn2)CC1. The predicted molar refractivity (Wildman–Crippen MR) is 76.2 cm³/mol. The summed E-state index contributed by atoms with van der Waals surface area (Å²) in [5.74, 6) is -0.0653. The zero-order valence-corrected chi connectivity index (χ0v) is 12.0. The number of hydrogen-bond acceptors (Lipinski definition) is 4. The summed E-state index contributed by atoms with van der Waals surface area (Å²) in [6.45, 7) is 5.32. The van der Waals surface area contributed by atoms with Crippen molar-refractivity contribution < 1.29 is 4.79 Å². The third kappa shape index (κ3) is 3.14. The van der Waals surface area contributed by atoms with Crippen LogP contribution >= 0.6 is 0 Å². The van der Waals surface area contributed by atoms with E-state index in [4.69, 9.17) is 5.26 Å². The van der Waals surface area contributed by atoms with Crippen LogP contribution in [-0.2, 0) is 0 Å². The Labute approximate surface area is 119 Å². The van der Waals surface area contributed by atoms with E-state index in [1.165, 1.54) is 6.20 Å². The molecule has 1 amide bonds. The number of pyridine rings is 1. The number of aromatic nitrogens is 1. The van der Waals surface area contributed by atoms with Crippen molar-refractivity contribution >= 4 is 5.91 Å². The lowest BCUT2D eigenvalue weighted by molar-refractivity contribution is 0.0641. The lowest BCUT2D eigenvalue weighted by atomic mass is 10.0. The fourth-order valence-corrected chi connectivity index (χ4v) is 2.56. The third-order valence-electron chi connectivity index (χ3n) is 3.98. The van der Waals surface area contributed by atoms with E-state index >= 15 is 0 Å². The van der Waals surface area contributed by atoms with Gasteiger partial charge in [0, 0.05) is 32.4 Å². The third-order valence-corrected chi connectivity index (χ3v) is 3.98. The van der Waals surface area contributed by atoms with Crippen LogP contribution in [0.25, 0.3) is 0 Å². The molecule has 0 bridgehead atoms. The molecule has 1 aliphatic rings. The number of carbonyl (C=O) groups is 1. The predicted octanol–water partition coefficient (Wildman–Crippen LogP) is 1.51. The highest BCUT2D eigenvalue weighted by molar-refractivity contribution is 5.92. The van der Waals surface area contributed by atoms with Gasteiger partial charge < -0.3 is 9.80 Å². The molecule has 0 saturated carbocycles. The highest BCUT2D eigenvalue weighted by Gasteiger charge is 2.25. The summed E-state index contributed by atoms with van der Waals surface area (Å²) < 4.78 is 0. The first kappa shape index (κ1) is 14.5. The second-order valence-electron chi connectivity index (χ2n) is 5.13. The van der Waals surface area contributed by atoms with Crippen molar-refractivity contribution in [3.8, 4) is 6.07 Å². The molecule has 1 fully saturated rings. The highest BCUT2D eigenvalue weighted by atomic mass is 16.2. The molecule has 0 unspecified atom stereocenters. The van der Waals surface area contributed by atoms with Crippen LogP contribution in [0.15, 0.2) is 18.3 Å². The summed E-state index contributed by atoms with van der Waals surface area (Å²) in [5, 5.41) is 8.74. The second-order valence-corrected chi connectivity index (χ2v) is 5.13. The summed E-state index contributed by atoms with van der Waals surface area (Å²) >= 11 is 0. The van der Waals surface area contributed by atoms with Gasteiger partial charge in [-0.1, -0.05) is 6.92 Å². The van der Waals surface area contributed by atoms with E-state index in [1.54, 1.807) is 17.0 Å². The van der Waals surface area contributed by atoms with E-state index in [0.717, 1.165) is 32.5 Å². The van der Waals surface area contributed by atoms with Gasteiger partial charge in [0.05, 0.1) is 5.56 Å². The maximum Gasteiger partial charge on any atom is 0.272 e. The van der Waals surface area contributed by atoms with Crippen LogP contribution < -0.4 is 0 Å². The minimum Gasteiger partial charge on any atom is -0.337 e. The number of nitrogens with zero attached hydrogens (tertiary/aromatic N) is 4. The summed E-state index contributed by atoms with van der Waals surface area (Å²) in [5.41, 5.74) is 0.880. The molecule has 5 nitrogen and oxygen atoms in total. The normalized spacial score (nSPS) is 16.6. The summed E-state index contributed by atoms with van der Waals surface area (Å²) in [6.07, 6.45) is 3.46. The van der Waals surface area contributed by atoms with Crippen LogP contribution in [0.4, 0.5) is 0 Å².